The Labute approximate surface area is 179 Å². The Balaban J connectivity index is 0.00000181. The van der Waals surface area contributed by atoms with Gasteiger partial charge >= 0.3 is 0 Å². The van der Waals surface area contributed by atoms with E-state index in [1.165, 1.54) is 0 Å². The summed E-state index contributed by atoms with van der Waals surface area (Å²) in [5, 5.41) is 0. The van der Waals surface area contributed by atoms with Crippen molar-refractivity contribution in [3.05, 3.63) is 47.8 Å². The van der Waals surface area contributed by atoms with Crippen LogP contribution in [0.15, 0.2) is 36.5 Å². The Morgan fingerprint density at radius 3 is 2.70 bits per heavy atom. The number of pyridine rings is 2. The number of nitrogens with two attached hydrogens (primary N) is 1. The second-order valence-electron chi connectivity index (χ2n) is 7.95. The van der Waals surface area contributed by atoms with E-state index in [9.17, 15) is 9.59 Å². The molecule has 162 valence electrons. The average molecular weight is 413 g/mol. The van der Waals surface area contributed by atoms with Crippen molar-refractivity contribution >= 4 is 23.3 Å². The molecule has 0 spiro atoms. The molecule has 2 aromatic heterocycles. The van der Waals surface area contributed by atoms with Crippen molar-refractivity contribution in [2.24, 2.45) is 0 Å². The lowest BCUT2D eigenvalue weighted by Gasteiger charge is -2.27. The molecule has 1 amide bonds. The molecule has 1 unspecified atom stereocenters. The molecular formula is C22H32N6O2. The fourth-order valence-corrected chi connectivity index (χ4v) is 4.27. The fraction of sp³-hybridized carbons (Fsp3) is 0.455. The first-order valence-corrected chi connectivity index (χ1v) is 10.5. The first kappa shape index (κ1) is 20.3. The SMILES string of the molecule is CN1CCCC1C(=O)N1CCCN(c2cccc(C(=O)c3cccnc3N)n2)CC1.[HH].[HH]. The Morgan fingerprint density at radius 1 is 1.07 bits per heavy atom. The molecule has 4 heterocycles. The van der Waals surface area contributed by atoms with Crippen molar-refractivity contribution in [3.63, 3.8) is 0 Å². The van der Waals surface area contributed by atoms with Crippen molar-refractivity contribution in [2.75, 3.05) is 50.4 Å². The van der Waals surface area contributed by atoms with Crippen LogP contribution in [0, 0.1) is 0 Å². The normalized spacial score (nSPS) is 20.2. The number of amides is 1. The number of hydrogen-bond donors (Lipinski definition) is 1. The third-order valence-electron chi connectivity index (χ3n) is 5.99. The zero-order valence-electron chi connectivity index (χ0n) is 17.3. The molecule has 2 N–H and O–H groups in total. The Morgan fingerprint density at radius 2 is 1.93 bits per heavy atom. The van der Waals surface area contributed by atoms with Gasteiger partial charge in [-0.25, -0.2) is 9.97 Å². The van der Waals surface area contributed by atoms with Gasteiger partial charge in [0.05, 0.1) is 11.6 Å². The standard InChI is InChI=1S/C22H28N6O2.2H2/c1-26-11-4-8-18(26)22(30)28-13-5-12-27(14-15-28)19-9-2-7-17(25-19)20(29)16-6-3-10-24-21(16)23;;/h2-3,6-7,9-10,18H,4-5,8,11-15H2,1H3,(H2,23,24);2*1H. The molecule has 0 aliphatic carbocycles. The van der Waals surface area contributed by atoms with E-state index >= 15 is 0 Å². The van der Waals surface area contributed by atoms with E-state index in [-0.39, 0.29) is 26.4 Å². The lowest BCUT2D eigenvalue weighted by molar-refractivity contribution is -0.135. The van der Waals surface area contributed by atoms with E-state index in [4.69, 9.17) is 5.73 Å². The number of anilines is 2. The molecule has 1 atom stereocenters. The maximum Gasteiger partial charge on any atom is 0.239 e. The van der Waals surface area contributed by atoms with Crippen LogP contribution >= 0.6 is 0 Å². The van der Waals surface area contributed by atoms with Crippen molar-refractivity contribution in [1.82, 2.24) is 19.8 Å². The van der Waals surface area contributed by atoms with Crippen LogP contribution in [0.2, 0.25) is 0 Å². The monoisotopic (exact) mass is 412 g/mol. The maximum absolute atomic E-state index is 12.9. The van der Waals surface area contributed by atoms with Gasteiger partial charge in [0.25, 0.3) is 0 Å². The van der Waals surface area contributed by atoms with Gasteiger partial charge in [0.2, 0.25) is 11.7 Å². The molecule has 2 saturated heterocycles. The summed E-state index contributed by atoms with van der Waals surface area (Å²) in [6.07, 6.45) is 4.46. The van der Waals surface area contributed by atoms with E-state index in [1.54, 1.807) is 24.4 Å². The molecule has 2 aliphatic rings. The molecule has 0 saturated carbocycles. The molecule has 8 nitrogen and oxygen atoms in total. The number of carbonyl (C=O) groups excluding carboxylic acids is 2. The number of carbonyl (C=O) groups is 2. The molecule has 4 rings (SSSR count). The number of nitrogens with zero attached hydrogens (tertiary/aromatic N) is 5. The summed E-state index contributed by atoms with van der Waals surface area (Å²) >= 11 is 0. The number of nitrogen functional groups attached to an aromatic ring is 1. The highest BCUT2D eigenvalue weighted by Gasteiger charge is 2.32. The number of aromatic nitrogens is 2. The van der Waals surface area contributed by atoms with Gasteiger partial charge in [-0.3, -0.25) is 14.5 Å². The third-order valence-corrected chi connectivity index (χ3v) is 5.99. The van der Waals surface area contributed by atoms with Gasteiger partial charge in [-0.05, 0) is 57.1 Å². The van der Waals surface area contributed by atoms with Crippen LogP contribution in [0.3, 0.4) is 0 Å². The number of likely N-dealkylation sites (N-methyl/N-ethyl adjacent to an activating group) is 1. The van der Waals surface area contributed by atoms with E-state index in [1.807, 2.05) is 24.1 Å². The van der Waals surface area contributed by atoms with Crippen LogP contribution in [-0.2, 0) is 4.79 Å². The van der Waals surface area contributed by atoms with Crippen LogP contribution in [0.1, 0.15) is 38.2 Å². The van der Waals surface area contributed by atoms with Crippen LogP contribution in [0.4, 0.5) is 11.6 Å². The molecule has 2 aliphatic heterocycles. The zero-order chi connectivity index (χ0) is 21.1. The smallest absolute Gasteiger partial charge is 0.239 e. The van der Waals surface area contributed by atoms with Gasteiger partial charge in [-0.15, -0.1) is 0 Å². The Bertz CT molecular complexity index is 944. The number of ketones is 1. The Kier molecular flexibility index (Phi) is 5.94. The lowest BCUT2D eigenvalue weighted by Crippen LogP contribution is -2.45. The largest absolute Gasteiger partial charge is 0.383 e. The van der Waals surface area contributed by atoms with Gasteiger partial charge in [-0.1, -0.05) is 6.07 Å². The summed E-state index contributed by atoms with van der Waals surface area (Å²) in [5.41, 5.74) is 6.56. The minimum Gasteiger partial charge on any atom is -0.383 e. The molecular weight excluding hydrogens is 380 g/mol. The van der Waals surface area contributed by atoms with E-state index in [0.29, 0.717) is 24.3 Å². The first-order valence-electron chi connectivity index (χ1n) is 10.5. The second kappa shape index (κ2) is 8.79. The summed E-state index contributed by atoms with van der Waals surface area (Å²) in [4.78, 5) is 40.6. The fourth-order valence-electron chi connectivity index (χ4n) is 4.27. The molecule has 0 bridgehead atoms. The minimum absolute atomic E-state index is 0. The van der Waals surface area contributed by atoms with Crippen molar-refractivity contribution in [3.8, 4) is 0 Å². The zero-order valence-corrected chi connectivity index (χ0v) is 17.3. The summed E-state index contributed by atoms with van der Waals surface area (Å²) in [6, 6.07) is 8.81. The molecule has 0 aromatic carbocycles. The lowest BCUT2D eigenvalue weighted by atomic mass is 10.1. The predicted molar refractivity (Wildman–Crippen MR) is 120 cm³/mol. The summed E-state index contributed by atoms with van der Waals surface area (Å²) in [7, 11) is 2.03. The maximum atomic E-state index is 12.9. The highest BCUT2D eigenvalue weighted by Crippen LogP contribution is 2.21. The molecule has 2 aromatic rings. The van der Waals surface area contributed by atoms with Crippen molar-refractivity contribution in [1.29, 1.82) is 0 Å². The number of likely N-dealkylation sites (tertiary alicyclic amines) is 1. The highest BCUT2D eigenvalue weighted by molar-refractivity contribution is 6.10. The van der Waals surface area contributed by atoms with E-state index < -0.39 is 0 Å². The first-order chi connectivity index (χ1) is 14.5. The van der Waals surface area contributed by atoms with Crippen molar-refractivity contribution < 1.29 is 12.4 Å². The topological polar surface area (TPSA) is 95.7 Å². The molecule has 2 fully saturated rings. The minimum atomic E-state index is -0.238. The van der Waals surface area contributed by atoms with Crippen LogP contribution in [-0.4, -0.2) is 77.3 Å². The third kappa shape index (κ3) is 4.14. The quantitative estimate of drug-likeness (QED) is 0.767. The average Bonchev–Trinajstić information content (AvgIpc) is 3.04. The van der Waals surface area contributed by atoms with Crippen LogP contribution < -0.4 is 10.6 Å². The van der Waals surface area contributed by atoms with E-state index in [0.717, 1.165) is 44.7 Å². The van der Waals surface area contributed by atoms with Gasteiger partial charge in [0.1, 0.15) is 17.3 Å². The van der Waals surface area contributed by atoms with Gasteiger partial charge < -0.3 is 15.5 Å². The van der Waals surface area contributed by atoms with Gasteiger partial charge in [-0.2, -0.15) is 0 Å². The second-order valence-corrected chi connectivity index (χ2v) is 7.95. The van der Waals surface area contributed by atoms with E-state index in [2.05, 4.69) is 19.8 Å². The van der Waals surface area contributed by atoms with Crippen molar-refractivity contribution in [2.45, 2.75) is 25.3 Å². The summed E-state index contributed by atoms with van der Waals surface area (Å²) in [5.74, 6) is 0.949. The summed E-state index contributed by atoms with van der Waals surface area (Å²) in [6.45, 7) is 3.90. The van der Waals surface area contributed by atoms with Crippen LogP contribution in [0.25, 0.3) is 0 Å². The summed E-state index contributed by atoms with van der Waals surface area (Å²) < 4.78 is 0. The molecule has 0 radical (unpaired) electrons. The number of hydrogen-bond acceptors (Lipinski definition) is 7. The predicted octanol–water partition coefficient (Wildman–Crippen LogP) is 1.91. The van der Waals surface area contributed by atoms with Gasteiger partial charge in [0.15, 0.2) is 0 Å². The highest BCUT2D eigenvalue weighted by atomic mass is 16.2. The molecule has 30 heavy (non-hydrogen) atoms. The van der Waals surface area contributed by atoms with Gasteiger partial charge in [0, 0.05) is 35.2 Å². The number of rotatable bonds is 4. The Hall–Kier alpha value is -3.00. The molecule has 8 heteroatoms. The van der Waals surface area contributed by atoms with Crippen LogP contribution in [0.5, 0.6) is 0 Å².